The van der Waals surface area contributed by atoms with E-state index < -0.39 is 16.0 Å². The largest absolute Gasteiger partial charge is 0.461 e. The Kier molecular flexibility index (Phi) is 6.30. The van der Waals surface area contributed by atoms with Crippen molar-refractivity contribution in [1.29, 1.82) is 0 Å². The molecule has 0 spiro atoms. The van der Waals surface area contributed by atoms with E-state index in [0.29, 0.717) is 17.8 Å². The molecule has 2 N–H and O–H groups in total. The Bertz CT molecular complexity index is 608. The fraction of sp³-hybridized carbons (Fsp3) is 0.615. The van der Waals surface area contributed by atoms with Crippen molar-refractivity contribution < 1.29 is 17.9 Å². The predicted molar refractivity (Wildman–Crippen MR) is 84.4 cm³/mol. The first-order valence-corrected chi connectivity index (χ1v) is 9.40. The zero-order valence-electron chi connectivity index (χ0n) is 12.9. The van der Waals surface area contributed by atoms with Crippen LogP contribution in [0.2, 0.25) is 0 Å². The molecule has 1 rings (SSSR count). The van der Waals surface area contributed by atoms with Gasteiger partial charge in [0, 0.05) is 23.1 Å². The Morgan fingerprint density at radius 3 is 2.57 bits per heavy atom. The van der Waals surface area contributed by atoms with E-state index in [0.717, 1.165) is 0 Å². The molecule has 0 aliphatic carbocycles. The van der Waals surface area contributed by atoms with Gasteiger partial charge in [0.25, 0.3) is 0 Å². The minimum atomic E-state index is -3.66. The molecule has 0 bridgehead atoms. The van der Waals surface area contributed by atoms with E-state index in [1.54, 1.807) is 32.5 Å². The third-order valence-electron chi connectivity index (χ3n) is 3.08. The molecular formula is C13H22N2O4S2. The number of ether oxygens (including phenoxy) is 1. The lowest BCUT2D eigenvalue weighted by atomic mass is 10.2. The number of nitrogens with one attached hydrogen (secondary N) is 2. The van der Waals surface area contributed by atoms with Crippen LogP contribution in [0.3, 0.4) is 0 Å². The second-order valence-corrected chi connectivity index (χ2v) is 7.68. The molecule has 0 fully saturated rings. The van der Waals surface area contributed by atoms with Crippen LogP contribution in [0, 0.1) is 13.8 Å². The molecule has 1 atom stereocenters. The van der Waals surface area contributed by atoms with Gasteiger partial charge in [-0.2, -0.15) is 11.8 Å². The highest BCUT2D eigenvalue weighted by atomic mass is 32.2. The van der Waals surface area contributed by atoms with E-state index in [2.05, 4.69) is 9.71 Å². The number of H-pyrrole nitrogens is 1. The highest BCUT2D eigenvalue weighted by molar-refractivity contribution is 7.99. The summed E-state index contributed by atoms with van der Waals surface area (Å²) < 4.78 is 32.3. The molecule has 1 aromatic rings. The van der Waals surface area contributed by atoms with Crippen LogP contribution in [0.5, 0.6) is 0 Å². The minimum absolute atomic E-state index is 0.124. The number of hydrogen-bond acceptors (Lipinski definition) is 5. The molecule has 21 heavy (non-hydrogen) atoms. The standard InChI is InChI=1S/C13H22N2O4S2/c1-6-19-13(16)11-9(3)12(10(4)15-11)21(17,18)14-7-8(2)20-5/h8,14-15H,6-7H2,1-5H3. The van der Waals surface area contributed by atoms with Crippen molar-refractivity contribution in [1.82, 2.24) is 9.71 Å². The molecule has 8 heteroatoms. The van der Waals surface area contributed by atoms with Gasteiger partial charge in [0.2, 0.25) is 10.0 Å². The van der Waals surface area contributed by atoms with Crippen LogP contribution >= 0.6 is 11.8 Å². The van der Waals surface area contributed by atoms with E-state index in [-0.39, 0.29) is 22.4 Å². The van der Waals surface area contributed by atoms with Crippen molar-refractivity contribution in [3.05, 3.63) is 17.0 Å². The first-order chi connectivity index (χ1) is 9.74. The zero-order valence-corrected chi connectivity index (χ0v) is 14.6. The van der Waals surface area contributed by atoms with Crippen molar-refractivity contribution in [3.63, 3.8) is 0 Å². The second-order valence-electron chi connectivity index (χ2n) is 4.70. The summed E-state index contributed by atoms with van der Waals surface area (Å²) in [4.78, 5) is 14.7. The predicted octanol–water partition coefficient (Wildman–Crippen LogP) is 1.84. The summed E-state index contributed by atoms with van der Waals surface area (Å²) in [5.74, 6) is -0.544. The van der Waals surface area contributed by atoms with Crippen LogP contribution in [-0.2, 0) is 14.8 Å². The number of carbonyl (C=O) groups excluding carboxylic acids is 1. The van der Waals surface area contributed by atoms with Crippen LogP contribution in [0.25, 0.3) is 0 Å². The summed E-state index contributed by atoms with van der Waals surface area (Å²) in [7, 11) is -3.66. The van der Waals surface area contributed by atoms with E-state index in [1.165, 1.54) is 0 Å². The van der Waals surface area contributed by atoms with Gasteiger partial charge in [-0.3, -0.25) is 0 Å². The van der Waals surface area contributed by atoms with Crippen molar-refractivity contribution in [2.75, 3.05) is 19.4 Å². The van der Waals surface area contributed by atoms with Gasteiger partial charge in [0.15, 0.2) is 0 Å². The lowest BCUT2D eigenvalue weighted by Gasteiger charge is -2.11. The van der Waals surface area contributed by atoms with Gasteiger partial charge in [-0.1, -0.05) is 6.92 Å². The lowest BCUT2D eigenvalue weighted by Crippen LogP contribution is -2.30. The zero-order chi connectivity index (χ0) is 16.2. The molecule has 0 amide bonds. The summed E-state index contributed by atoms with van der Waals surface area (Å²) in [5.41, 5.74) is 1.00. The fourth-order valence-corrected chi connectivity index (χ4v) is 3.85. The van der Waals surface area contributed by atoms with E-state index in [4.69, 9.17) is 4.74 Å². The third kappa shape index (κ3) is 4.24. The van der Waals surface area contributed by atoms with Gasteiger partial charge in [0.1, 0.15) is 10.6 Å². The minimum Gasteiger partial charge on any atom is -0.461 e. The third-order valence-corrected chi connectivity index (χ3v) is 5.75. The molecule has 0 aromatic carbocycles. The monoisotopic (exact) mass is 334 g/mol. The SMILES string of the molecule is CCOC(=O)c1[nH]c(C)c(S(=O)(=O)NCC(C)SC)c1C. The maximum atomic E-state index is 12.4. The molecule has 6 nitrogen and oxygen atoms in total. The molecule has 0 aliphatic rings. The highest BCUT2D eigenvalue weighted by Gasteiger charge is 2.27. The van der Waals surface area contributed by atoms with Crippen molar-refractivity contribution in [3.8, 4) is 0 Å². The summed E-state index contributed by atoms with van der Waals surface area (Å²) in [6.45, 7) is 7.44. The number of hydrogen-bond donors (Lipinski definition) is 2. The molecule has 0 saturated carbocycles. The van der Waals surface area contributed by atoms with Crippen LogP contribution in [0.4, 0.5) is 0 Å². The number of rotatable bonds is 7. The van der Waals surface area contributed by atoms with Gasteiger partial charge < -0.3 is 9.72 Å². The number of carbonyl (C=O) groups is 1. The van der Waals surface area contributed by atoms with Crippen LogP contribution in [0.15, 0.2) is 4.90 Å². The number of sulfonamides is 1. The molecule has 1 unspecified atom stereocenters. The quantitative estimate of drug-likeness (QED) is 0.743. The van der Waals surface area contributed by atoms with Crippen molar-refractivity contribution in [2.45, 2.75) is 37.8 Å². The maximum Gasteiger partial charge on any atom is 0.355 e. The van der Waals surface area contributed by atoms with Crippen LogP contribution in [0.1, 0.15) is 35.6 Å². The second kappa shape index (κ2) is 7.33. The molecule has 0 saturated heterocycles. The van der Waals surface area contributed by atoms with Crippen molar-refractivity contribution in [2.24, 2.45) is 0 Å². The maximum absolute atomic E-state index is 12.4. The normalized spacial score (nSPS) is 13.2. The first-order valence-electron chi connectivity index (χ1n) is 6.63. The number of thioether (sulfide) groups is 1. The van der Waals surface area contributed by atoms with Crippen molar-refractivity contribution >= 4 is 27.8 Å². The molecule has 1 heterocycles. The Morgan fingerprint density at radius 2 is 2.05 bits per heavy atom. The number of aromatic nitrogens is 1. The average Bonchev–Trinajstić information content (AvgIpc) is 2.72. The topological polar surface area (TPSA) is 88.3 Å². The van der Waals surface area contributed by atoms with Gasteiger partial charge in [0.05, 0.1) is 6.61 Å². The number of esters is 1. The summed E-state index contributed by atoms with van der Waals surface area (Å²) in [5, 5.41) is 0.170. The average molecular weight is 334 g/mol. The number of aromatic amines is 1. The van der Waals surface area contributed by atoms with Gasteiger partial charge >= 0.3 is 5.97 Å². The Balaban J connectivity index is 3.10. The van der Waals surface area contributed by atoms with Crippen LogP contribution in [-0.4, -0.2) is 44.0 Å². The van der Waals surface area contributed by atoms with Crippen LogP contribution < -0.4 is 4.72 Å². The van der Waals surface area contributed by atoms with Gasteiger partial charge in [-0.05, 0) is 27.0 Å². The summed E-state index contributed by atoms with van der Waals surface area (Å²) in [6.07, 6.45) is 1.92. The first kappa shape index (κ1) is 18.1. The lowest BCUT2D eigenvalue weighted by molar-refractivity contribution is 0.0519. The summed E-state index contributed by atoms with van der Waals surface area (Å²) >= 11 is 1.58. The number of aryl methyl sites for hydroxylation is 1. The highest BCUT2D eigenvalue weighted by Crippen LogP contribution is 2.23. The van der Waals surface area contributed by atoms with Gasteiger partial charge in [-0.15, -0.1) is 0 Å². The van der Waals surface area contributed by atoms with E-state index in [9.17, 15) is 13.2 Å². The smallest absolute Gasteiger partial charge is 0.355 e. The Hall–Kier alpha value is -0.990. The molecular weight excluding hydrogens is 312 g/mol. The Labute approximate surface area is 130 Å². The van der Waals surface area contributed by atoms with E-state index in [1.807, 2.05) is 13.2 Å². The Morgan fingerprint density at radius 1 is 1.43 bits per heavy atom. The molecule has 120 valence electrons. The van der Waals surface area contributed by atoms with Gasteiger partial charge in [-0.25, -0.2) is 17.9 Å². The molecule has 0 aliphatic heterocycles. The molecule has 0 radical (unpaired) electrons. The summed E-state index contributed by atoms with van der Waals surface area (Å²) in [6, 6.07) is 0. The van der Waals surface area contributed by atoms with E-state index >= 15 is 0 Å². The fourth-order valence-electron chi connectivity index (χ4n) is 1.93. The molecule has 1 aromatic heterocycles.